The van der Waals surface area contributed by atoms with E-state index in [2.05, 4.69) is 21.2 Å². The number of rotatable bonds is 8. The number of hydrogen-bond acceptors (Lipinski definition) is 5. The maximum atomic E-state index is 16.6. The number of piperidine rings is 1. The second-order valence-electron chi connectivity index (χ2n) is 13.2. The zero-order chi connectivity index (χ0) is 32.9. The van der Waals surface area contributed by atoms with E-state index in [1.165, 1.54) is 23.1 Å². The number of alkyl halides is 2. The Bertz CT molecular complexity index is 1860. The first-order chi connectivity index (χ1) is 22.6. The molecule has 7 rings (SSSR count). The Morgan fingerprint density at radius 3 is 2.19 bits per heavy atom. The zero-order valence-electron chi connectivity index (χ0n) is 25.8. The highest BCUT2D eigenvalue weighted by Gasteiger charge is 2.53. The number of hydrogen-bond donors (Lipinski definition) is 2. The topological polar surface area (TPSA) is 102 Å². The molecule has 1 saturated carbocycles. The summed E-state index contributed by atoms with van der Waals surface area (Å²) in [6, 6.07) is 16.7. The molecule has 47 heavy (non-hydrogen) atoms. The standard InChI is InChI=1S/C37H36BrF2N3O4/c38-27-11-8-22-16-26(10-7-23(22)17-27)37(39,40)34(36(46)43-29-12-13-30(43)20-28(41)19-29)42-35(45)33(44)25-6-5-24-18-32(14-9-21(24)15-25)47-31-3-1-2-4-31/h5-11,14-18,28-31,34H,1-4,12-13,19-20,41H2,(H,42,45)/t28?,29?,30?,34-/m0/s1. The van der Waals surface area contributed by atoms with Crippen molar-refractivity contribution in [2.24, 2.45) is 5.73 Å². The van der Waals surface area contributed by atoms with E-state index in [4.69, 9.17) is 10.5 Å². The van der Waals surface area contributed by atoms with Gasteiger partial charge < -0.3 is 20.7 Å². The lowest BCUT2D eigenvalue weighted by atomic mass is 9.93. The Balaban J connectivity index is 1.17. The predicted octanol–water partition coefficient (Wildman–Crippen LogP) is 7.02. The van der Waals surface area contributed by atoms with Gasteiger partial charge in [0.2, 0.25) is 5.78 Å². The first-order valence-electron chi connectivity index (χ1n) is 16.3. The molecular formula is C37H36BrF2N3O4. The van der Waals surface area contributed by atoms with Crippen molar-refractivity contribution >= 4 is 55.1 Å². The summed E-state index contributed by atoms with van der Waals surface area (Å²) in [5.41, 5.74) is 5.80. The van der Waals surface area contributed by atoms with Crippen LogP contribution in [0.3, 0.4) is 0 Å². The number of benzene rings is 4. The molecule has 2 amide bonds. The Hall–Kier alpha value is -3.89. The largest absolute Gasteiger partial charge is 0.490 e. The molecule has 0 aromatic heterocycles. The quantitative estimate of drug-likeness (QED) is 0.152. The molecule has 7 nitrogen and oxygen atoms in total. The van der Waals surface area contributed by atoms with Crippen LogP contribution in [0.2, 0.25) is 0 Å². The number of Topliss-reactive ketones (excluding diaryl/α,β-unsaturated/α-hetero) is 1. The molecule has 1 aliphatic carbocycles. The van der Waals surface area contributed by atoms with Crippen molar-refractivity contribution in [3.8, 4) is 5.75 Å². The van der Waals surface area contributed by atoms with E-state index in [0.717, 1.165) is 46.7 Å². The monoisotopic (exact) mass is 703 g/mol. The molecule has 2 heterocycles. The Labute approximate surface area is 279 Å². The Morgan fingerprint density at radius 2 is 1.45 bits per heavy atom. The fourth-order valence-corrected chi connectivity index (χ4v) is 7.97. The summed E-state index contributed by atoms with van der Waals surface area (Å²) in [5.74, 6) is -6.27. The first-order valence-corrected chi connectivity index (χ1v) is 17.1. The van der Waals surface area contributed by atoms with Gasteiger partial charge in [0.15, 0.2) is 6.04 Å². The van der Waals surface area contributed by atoms with Crippen LogP contribution < -0.4 is 15.8 Å². The summed E-state index contributed by atoms with van der Waals surface area (Å²) < 4.78 is 40.1. The molecule has 3 fully saturated rings. The fourth-order valence-electron chi connectivity index (χ4n) is 7.59. The SMILES string of the molecule is NC1CC2CCC(C1)N2C(=O)[C@H](NC(=O)C(=O)c1ccc2cc(OC3CCCC3)ccc2c1)C(F)(F)c1ccc2cc(Br)ccc2c1. The molecule has 10 heteroatoms. The van der Waals surface area contributed by atoms with E-state index in [9.17, 15) is 14.4 Å². The van der Waals surface area contributed by atoms with Gasteiger partial charge in [-0.1, -0.05) is 52.3 Å². The van der Waals surface area contributed by atoms with E-state index in [0.29, 0.717) is 36.5 Å². The summed E-state index contributed by atoms with van der Waals surface area (Å²) in [5, 5.41) is 5.00. The number of amides is 2. The molecule has 3 atom stereocenters. The number of nitrogens with one attached hydrogen (secondary N) is 1. The minimum Gasteiger partial charge on any atom is -0.490 e. The van der Waals surface area contributed by atoms with Gasteiger partial charge in [-0.2, -0.15) is 8.78 Å². The van der Waals surface area contributed by atoms with E-state index >= 15 is 8.78 Å². The van der Waals surface area contributed by atoms with Crippen LogP contribution in [0.1, 0.15) is 67.3 Å². The maximum absolute atomic E-state index is 16.6. The average Bonchev–Trinajstić information content (AvgIpc) is 3.67. The normalized spacial score (nSPS) is 22.0. The van der Waals surface area contributed by atoms with E-state index in [1.807, 2.05) is 24.3 Å². The van der Waals surface area contributed by atoms with Crippen LogP contribution in [-0.2, 0) is 15.5 Å². The number of fused-ring (bicyclic) bond motifs is 4. The average molecular weight is 705 g/mol. The van der Waals surface area contributed by atoms with Gasteiger partial charge in [-0.25, -0.2) is 0 Å². The smallest absolute Gasteiger partial charge is 0.302 e. The van der Waals surface area contributed by atoms with Crippen LogP contribution in [0.25, 0.3) is 21.5 Å². The van der Waals surface area contributed by atoms with Gasteiger partial charge in [0, 0.05) is 33.7 Å². The van der Waals surface area contributed by atoms with Gasteiger partial charge in [-0.05, 0) is 109 Å². The lowest BCUT2D eigenvalue weighted by Gasteiger charge is -2.41. The van der Waals surface area contributed by atoms with Crippen LogP contribution >= 0.6 is 15.9 Å². The van der Waals surface area contributed by atoms with Crippen LogP contribution in [0.15, 0.2) is 77.3 Å². The van der Waals surface area contributed by atoms with Gasteiger partial charge >= 0.3 is 5.92 Å². The number of nitrogens with zero attached hydrogens (tertiary/aromatic N) is 1. The first kappa shape index (κ1) is 31.7. The Morgan fingerprint density at radius 1 is 0.830 bits per heavy atom. The molecule has 2 bridgehead atoms. The van der Waals surface area contributed by atoms with Crippen molar-refractivity contribution in [1.82, 2.24) is 10.2 Å². The van der Waals surface area contributed by atoms with Gasteiger partial charge in [0.05, 0.1) is 6.10 Å². The van der Waals surface area contributed by atoms with Crippen LogP contribution in [0.5, 0.6) is 5.75 Å². The summed E-state index contributed by atoms with van der Waals surface area (Å²) in [6.07, 6.45) is 6.86. The second kappa shape index (κ2) is 12.6. The number of ether oxygens (including phenoxy) is 1. The molecule has 2 saturated heterocycles. The summed E-state index contributed by atoms with van der Waals surface area (Å²) in [4.78, 5) is 42.5. The lowest BCUT2D eigenvalue weighted by Crippen LogP contribution is -2.61. The van der Waals surface area contributed by atoms with Crippen molar-refractivity contribution in [3.63, 3.8) is 0 Å². The predicted molar refractivity (Wildman–Crippen MR) is 180 cm³/mol. The van der Waals surface area contributed by atoms with E-state index < -0.39 is 35.1 Å². The highest BCUT2D eigenvalue weighted by molar-refractivity contribution is 9.10. The molecule has 4 aromatic rings. The van der Waals surface area contributed by atoms with Crippen LogP contribution in [0, 0.1) is 0 Å². The molecule has 3 aliphatic rings. The second-order valence-corrected chi connectivity index (χ2v) is 14.1. The summed E-state index contributed by atoms with van der Waals surface area (Å²) in [6.45, 7) is 0. The number of nitrogens with two attached hydrogens (primary N) is 1. The van der Waals surface area contributed by atoms with Crippen molar-refractivity contribution in [1.29, 1.82) is 0 Å². The number of carbonyl (C=O) groups excluding carboxylic acids is 3. The number of ketones is 1. The third-order valence-corrected chi connectivity index (χ3v) is 10.5. The van der Waals surface area contributed by atoms with Gasteiger partial charge in [-0.3, -0.25) is 14.4 Å². The number of halogens is 3. The highest BCUT2D eigenvalue weighted by Crippen LogP contribution is 2.40. The minimum atomic E-state index is -3.83. The lowest BCUT2D eigenvalue weighted by molar-refractivity contribution is -0.152. The van der Waals surface area contributed by atoms with Gasteiger partial charge in [0.25, 0.3) is 11.8 Å². The van der Waals surface area contributed by atoms with Crippen LogP contribution in [0.4, 0.5) is 8.78 Å². The zero-order valence-corrected chi connectivity index (χ0v) is 27.3. The summed E-state index contributed by atoms with van der Waals surface area (Å²) in [7, 11) is 0. The van der Waals surface area contributed by atoms with Crippen molar-refractivity contribution < 1.29 is 27.9 Å². The van der Waals surface area contributed by atoms with Crippen molar-refractivity contribution in [3.05, 3.63) is 88.4 Å². The third-order valence-electron chi connectivity index (χ3n) is 9.98. The molecule has 2 unspecified atom stereocenters. The third kappa shape index (κ3) is 6.25. The molecule has 244 valence electrons. The Kier molecular flexibility index (Phi) is 8.51. The number of carbonyl (C=O) groups is 3. The fraction of sp³-hybridized carbons (Fsp3) is 0.378. The van der Waals surface area contributed by atoms with E-state index in [1.54, 1.807) is 30.3 Å². The summed E-state index contributed by atoms with van der Waals surface area (Å²) >= 11 is 3.40. The van der Waals surface area contributed by atoms with Gasteiger partial charge in [-0.15, -0.1) is 0 Å². The molecule has 2 aliphatic heterocycles. The maximum Gasteiger partial charge on any atom is 0.302 e. The molecule has 0 radical (unpaired) electrons. The van der Waals surface area contributed by atoms with Crippen LogP contribution in [-0.4, -0.2) is 52.8 Å². The minimum absolute atomic E-state index is 0.0364. The van der Waals surface area contributed by atoms with Crippen molar-refractivity contribution in [2.45, 2.75) is 87.6 Å². The van der Waals surface area contributed by atoms with Crippen molar-refractivity contribution in [2.75, 3.05) is 0 Å². The molecule has 0 spiro atoms. The molecular weight excluding hydrogens is 668 g/mol. The van der Waals surface area contributed by atoms with E-state index in [-0.39, 0.29) is 29.8 Å². The molecule has 3 N–H and O–H groups in total. The molecule has 4 aromatic carbocycles. The van der Waals surface area contributed by atoms with Gasteiger partial charge in [0.1, 0.15) is 5.75 Å². The highest BCUT2D eigenvalue weighted by atomic mass is 79.9.